The first-order valence-electron chi connectivity index (χ1n) is 3.78. The molecule has 2 atom stereocenters. The van der Waals surface area contributed by atoms with Gasteiger partial charge in [0.25, 0.3) is 0 Å². The van der Waals surface area contributed by atoms with Gasteiger partial charge in [-0.3, -0.25) is 0 Å². The van der Waals surface area contributed by atoms with Gasteiger partial charge in [0.05, 0.1) is 0 Å². The third-order valence-corrected chi connectivity index (χ3v) is 2.17. The molecule has 0 bridgehead atoms. The second-order valence-electron chi connectivity index (χ2n) is 3.17. The molecule has 0 spiro atoms. The summed E-state index contributed by atoms with van der Waals surface area (Å²) in [7, 11) is 0. The molecule has 0 aliphatic heterocycles. The summed E-state index contributed by atoms with van der Waals surface area (Å²) in [6.45, 7) is 2.23. The summed E-state index contributed by atoms with van der Waals surface area (Å²) in [4.78, 5) is 10.3. The molecule has 9 heavy (non-hydrogen) atoms. The highest BCUT2D eigenvalue weighted by Crippen LogP contribution is 2.26. The van der Waals surface area contributed by atoms with Gasteiger partial charge in [0.1, 0.15) is 6.29 Å². The van der Waals surface area contributed by atoms with Gasteiger partial charge in [-0.2, -0.15) is 0 Å². The molecule has 1 aliphatic rings. The third-order valence-electron chi connectivity index (χ3n) is 2.17. The van der Waals surface area contributed by atoms with Gasteiger partial charge in [-0.1, -0.05) is 19.8 Å². The summed E-state index contributed by atoms with van der Waals surface area (Å²) in [5.41, 5.74) is 0. The maximum absolute atomic E-state index is 10.3. The molecular weight excluding hydrogens is 112 g/mol. The van der Waals surface area contributed by atoms with E-state index in [-0.39, 0.29) is 0 Å². The van der Waals surface area contributed by atoms with Crippen LogP contribution in [0.5, 0.6) is 0 Å². The van der Waals surface area contributed by atoms with E-state index >= 15 is 0 Å². The molecule has 0 heterocycles. The molecule has 0 saturated heterocycles. The molecule has 0 radical (unpaired) electrons. The standard InChI is InChI=1S/C8H14O/c1-7-3-2-4-8(5-7)6-9/h6-8H,2-5H2,1H3. The van der Waals surface area contributed by atoms with Crippen LogP contribution in [-0.4, -0.2) is 6.29 Å². The summed E-state index contributed by atoms with van der Waals surface area (Å²) < 4.78 is 0. The van der Waals surface area contributed by atoms with Gasteiger partial charge in [0.15, 0.2) is 0 Å². The van der Waals surface area contributed by atoms with E-state index in [1.54, 1.807) is 0 Å². The molecule has 2 unspecified atom stereocenters. The van der Waals surface area contributed by atoms with Crippen LogP contribution in [0.25, 0.3) is 0 Å². The van der Waals surface area contributed by atoms with Crippen molar-refractivity contribution >= 4 is 6.29 Å². The summed E-state index contributed by atoms with van der Waals surface area (Å²) in [6.07, 6.45) is 5.96. The normalized spacial score (nSPS) is 36.1. The minimum atomic E-state index is 0.383. The van der Waals surface area contributed by atoms with Crippen LogP contribution in [0.3, 0.4) is 0 Å². The van der Waals surface area contributed by atoms with Crippen LogP contribution in [0.1, 0.15) is 32.6 Å². The second-order valence-corrected chi connectivity index (χ2v) is 3.17. The summed E-state index contributed by atoms with van der Waals surface area (Å²) in [5, 5.41) is 0. The summed E-state index contributed by atoms with van der Waals surface area (Å²) in [5.74, 6) is 1.17. The Balaban J connectivity index is 2.31. The third kappa shape index (κ3) is 1.81. The van der Waals surface area contributed by atoms with Crippen molar-refractivity contribution in [2.45, 2.75) is 32.6 Å². The number of hydrogen-bond acceptors (Lipinski definition) is 1. The average molecular weight is 126 g/mol. The molecule has 52 valence electrons. The number of hydrogen-bond donors (Lipinski definition) is 0. The van der Waals surface area contributed by atoms with Crippen molar-refractivity contribution in [1.82, 2.24) is 0 Å². The van der Waals surface area contributed by atoms with Gasteiger partial charge >= 0.3 is 0 Å². The molecule has 1 saturated carbocycles. The van der Waals surface area contributed by atoms with E-state index in [0.29, 0.717) is 5.92 Å². The number of rotatable bonds is 1. The lowest BCUT2D eigenvalue weighted by Gasteiger charge is -2.21. The molecule has 1 fully saturated rings. The first kappa shape index (κ1) is 6.79. The Bertz CT molecular complexity index is 98.7. The van der Waals surface area contributed by atoms with E-state index in [1.807, 2.05) is 0 Å². The highest BCUT2D eigenvalue weighted by Gasteiger charge is 2.17. The van der Waals surface area contributed by atoms with Crippen molar-refractivity contribution in [2.24, 2.45) is 11.8 Å². The Labute approximate surface area is 56.4 Å². The van der Waals surface area contributed by atoms with Crippen LogP contribution in [0.2, 0.25) is 0 Å². The molecule has 1 nitrogen and oxygen atoms in total. The van der Waals surface area contributed by atoms with Crippen molar-refractivity contribution in [3.8, 4) is 0 Å². The molecule has 1 heteroatoms. The van der Waals surface area contributed by atoms with Crippen LogP contribution in [0.15, 0.2) is 0 Å². The lowest BCUT2D eigenvalue weighted by atomic mass is 9.83. The van der Waals surface area contributed by atoms with Crippen LogP contribution in [0.4, 0.5) is 0 Å². The van der Waals surface area contributed by atoms with Crippen molar-refractivity contribution in [2.75, 3.05) is 0 Å². The number of carbonyl (C=O) groups excluding carboxylic acids is 1. The van der Waals surface area contributed by atoms with Crippen molar-refractivity contribution in [1.29, 1.82) is 0 Å². The maximum Gasteiger partial charge on any atom is 0.123 e. The first-order chi connectivity index (χ1) is 4.33. The quantitative estimate of drug-likeness (QED) is 0.491. The molecule has 1 rings (SSSR count). The van der Waals surface area contributed by atoms with Crippen LogP contribution in [0, 0.1) is 11.8 Å². The van der Waals surface area contributed by atoms with Crippen molar-refractivity contribution in [3.05, 3.63) is 0 Å². The minimum absolute atomic E-state index is 0.383. The Kier molecular flexibility index (Phi) is 2.26. The molecule has 0 aromatic heterocycles. The highest BCUT2D eigenvalue weighted by atomic mass is 16.1. The topological polar surface area (TPSA) is 17.1 Å². The lowest BCUT2D eigenvalue weighted by Crippen LogP contribution is -2.13. The maximum atomic E-state index is 10.3. The molecule has 0 aromatic carbocycles. The zero-order valence-corrected chi connectivity index (χ0v) is 5.97. The van der Waals surface area contributed by atoms with E-state index < -0.39 is 0 Å². The average Bonchev–Trinajstić information content (AvgIpc) is 1.88. The van der Waals surface area contributed by atoms with E-state index in [2.05, 4.69) is 6.92 Å². The van der Waals surface area contributed by atoms with Gasteiger partial charge in [-0.15, -0.1) is 0 Å². The fourth-order valence-corrected chi connectivity index (χ4v) is 1.60. The van der Waals surface area contributed by atoms with E-state index in [4.69, 9.17) is 0 Å². The van der Waals surface area contributed by atoms with Crippen LogP contribution < -0.4 is 0 Å². The van der Waals surface area contributed by atoms with E-state index in [9.17, 15) is 4.79 Å². The lowest BCUT2D eigenvalue weighted by molar-refractivity contribution is -0.112. The summed E-state index contributed by atoms with van der Waals surface area (Å²) >= 11 is 0. The van der Waals surface area contributed by atoms with Gasteiger partial charge in [-0.05, 0) is 18.8 Å². The molecule has 1 aliphatic carbocycles. The smallest absolute Gasteiger partial charge is 0.123 e. The second kappa shape index (κ2) is 3.00. The molecular formula is C8H14O. The SMILES string of the molecule is CC1CCCC(C=O)C1. The molecule has 0 amide bonds. The van der Waals surface area contributed by atoms with E-state index in [1.165, 1.54) is 12.8 Å². The summed E-state index contributed by atoms with van der Waals surface area (Å²) in [6, 6.07) is 0. The van der Waals surface area contributed by atoms with Gasteiger partial charge in [0.2, 0.25) is 0 Å². The van der Waals surface area contributed by atoms with Gasteiger partial charge in [-0.25, -0.2) is 0 Å². The zero-order chi connectivity index (χ0) is 6.69. The molecule has 0 aromatic rings. The minimum Gasteiger partial charge on any atom is -0.303 e. The highest BCUT2D eigenvalue weighted by molar-refractivity contribution is 5.53. The van der Waals surface area contributed by atoms with Crippen LogP contribution >= 0.6 is 0 Å². The van der Waals surface area contributed by atoms with E-state index in [0.717, 1.165) is 25.0 Å². The number of aldehydes is 1. The van der Waals surface area contributed by atoms with Gasteiger partial charge in [0, 0.05) is 5.92 Å². The predicted molar refractivity (Wildman–Crippen MR) is 37.2 cm³/mol. The molecule has 0 N–H and O–H groups in total. The predicted octanol–water partition coefficient (Wildman–Crippen LogP) is 2.01. The first-order valence-corrected chi connectivity index (χ1v) is 3.78. The Morgan fingerprint density at radius 3 is 2.67 bits per heavy atom. The fraction of sp³-hybridized carbons (Fsp3) is 0.875. The largest absolute Gasteiger partial charge is 0.303 e. The number of carbonyl (C=O) groups is 1. The zero-order valence-electron chi connectivity index (χ0n) is 5.97. The fourth-order valence-electron chi connectivity index (χ4n) is 1.60. The van der Waals surface area contributed by atoms with Gasteiger partial charge < -0.3 is 4.79 Å². The Hall–Kier alpha value is -0.330. The Morgan fingerprint density at radius 2 is 2.22 bits per heavy atom. The van der Waals surface area contributed by atoms with Crippen LogP contribution in [-0.2, 0) is 4.79 Å². The van der Waals surface area contributed by atoms with Crippen molar-refractivity contribution in [3.63, 3.8) is 0 Å². The van der Waals surface area contributed by atoms with Crippen molar-refractivity contribution < 1.29 is 4.79 Å². The Morgan fingerprint density at radius 1 is 1.44 bits per heavy atom. The monoisotopic (exact) mass is 126 g/mol.